The molecule has 0 aliphatic heterocycles. The van der Waals surface area contributed by atoms with Crippen LogP contribution in [0.3, 0.4) is 0 Å². The van der Waals surface area contributed by atoms with Gasteiger partial charge in [-0.15, -0.1) is 0 Å². The third-order valence-corrected chi connectivity index (χ3v) is 3.15. The van der Waals surface area contributed by atoms with Crippen LogP contribution >= 0.6 is 0 Å². The van der Waals surface area contributed by atoms with E-state index in [0.29, 0.717) is 0 Å². The molecule has 0 N–H and O–H groups in total. The minimum atomic E-state index is 0. The minimum Gasteiger partial charge on any atom is -0.739 e. The quantitative estimate of drug-likeness (QED) is 0.241. The van der Waals surface area contributed by atoms with Gasteiger partial charge < -0.3 is 31.2 Å². The molecule has 0 aromatic heterocycles. The van der Waals surface area contributed by atoms with E-state index in [2.05, 4.69) is 15.8 Å². The molecule has 0 radical (unpaired) electrons. The molecule has 0 saturated carbocycles. The zero-order valence-corrected chi connectivity index (χ0v) is 17.0. The van der Waals surface area contributed by atoms with Crippen molar-refractivity contribution in [1.29, 1.82) is 0 Å². The van der Waals surface area contributed by atoms with Gasteiger partial charge in [0.25, 0.3) is 0 Å². The predicted octanol–water partition coefficient (Wildman–Crippen LogP) is 4.95. The molecule has 0 unspecified atom stereocenters. The topological polar surface area (TPSA) is 184 Å². The van der Waals surface area contributed by atoms with Crippen molar-refractivity contribution < 1.29 is 14.6 Å². The Kier molecular flexibility index (Phi) is 13.6. The number of hydrogen-bond acceptors (Lipinski definition) is 9. The molecule has 0 aliphatic carbocycles. The van der Waals surface area contributed by atoms with E-state index in [4.69, 9.17) is 0 Å². The SMILES string of the molecule is [Al+3].[O-]/N=[N+](/[O-])c1ccccc1.[O-]/N=[N+](\[O-])c1ccccc1.[O-]/N=[N+](\[O-])c1ccccc1. The zero-order chi connectivity index (χ0) is 22.2. The summed E-state index contributed by atoms with van der Waals surface area (Å²) in [5.74, 6) is 0. The Morgan fingerprint density at radius 1 is 0.419 bits per heavy atom. The van der Waals surface area contributed by atoms with E-state index in [1.54, 1.807) is 54.6 Å². The van der Waals surface area contributed by atoms with Crippen LogP contribution < -0.4 is 0 Å². The Hall–Kier alpha value is -4.21. The summed E-state index contributed by atoms with van der Waals surface area (Å²) in [6.45, 7) is 0. The average Bonchev–Trinajstić information content (AvgIpc) is 2.85. The van der Waals surface area contributed by atoms with Crippen LogP contribution in [-0.4, -0.2) is 31.9 Å². The van der Waals surface area contributed by atoms with E-state index in [0.717, 1.165) is 0 Å². The molecule has 156 valence electrons. The molecule has 3 aromatic carbocycles. The maximum absolute atomic E-state index is 10.5. The first-order valence-corrected chi connectivity index (χ1v) is 8.10. The molecule has 0 bridgehead atoms. The summed E-state index contributed by atoms with van der Waals surface area (Å²) in [4.78, 5) is 0.0833. The van der Waals surface area contributed by atoms with Crippen LogP contribution in [0.15, 0.2) is 107 Å². The van der Waals surface area contributed by atoms with Crippen molar-refractivity contribution in [2.45, 2.75) is 0 Å². The van der Waals surface area contributed by atoms with Gasteiger partial charge in [-0.1, -0.05) is 69.2 Å². The van der Waals surface area contributed by atoms with Gasteiger partial charge in [-0.3, -0.25) is 0 Å². The van der Waals surface area contributed by atoms with E-state index in [9.17, 15) is 31.2 Å². The van der Waals surface area contributed by atoms with Crippen LogP contribution in [0, 0.1) is 31.2 Å². The van der Waals surface area contributed by atoms with Crippen LogP contribution in [0.4, 0.5) is 17.1 Å². The van der Waals surface area contributed by atoms with Gasteiger partial charge in [-0.25, -0.2) is 0 Å². The maximum atomic E-state index is 10.5. The van der Waals surface area contributed by atoms with Crippen LogP contribution in [0.5, 0.6) is 0 Å². The smallest absolute Gasteiger partial charge is 0.739 e. The van der Waals surface area contributed by atoms with E-state index in [1.807, 2.05) is 0 Å². The summed E-state index contributed by atoms with van der Waals surface area (Å²) in [6, 6.07) is 24.3. The predicted molar refractivity (Wildman–Crippen MR) is 112 cm³/mol. The van der Waals surface area contributed by atoms with Crippen LogP contribution in [0.2, 0.25) is 0 Å². The van der Waals surface area contributed by atoms with Gasteiger partial charge in [0.05, 0.1) is 0 Å². The first-order chi connectivity index (χ1) is 14.5. The van der Waals surface area contributed by atoms with E-state index < -0.39 is 0 Å². The van der Waals surface area contributed by atoms with Crippen molar-refractivity contribution >= 4 is 34.4 Å². The third-order valence-electron chi connectivity index (χ3n) is 3.15. The summed E-state index contributed by atoms with van der Waals surface area (Å²) in [6.07, 6.45) is 0. The molecule has 0 aliphatic rings. The number of nitrogens with zero attached hydrogens (tertiary/aromatic N) is 6. The van der Waals surface area contributed by atoms with E-state index in [1.165, 1.54) is 36.4 Å². The fraction of sp³-hybridized carbons (Fsp3) is 0. The van der Waals surface area contributed by atoms with Gasteiger partial charge in [-0.05, 0) is 15.8 Å². The summed E-state index contributed by atoms with van der Waals surface area (Å²) < 4.78 is 0. The maximum Gasteiger partial charge on any atom is 3.00 e. The first-order valence-electron chi connectivity index (χ1n) is 8.10. The molecular formula is C18H15AlN6O6. The molecule has 31 heavy (non-hydrogen) atoms. The molecule has 3 rings (SSSR count). The van der Waals surface area contributed by atoms with Crippen LogP contribution in [0.1, 0.15) is 0 Å². The molecule has 0 saturated heterocycles. The van der Waals surface area contributed by atoms with Crippen molar-refractivity contribution in [3.05, 3.63) is 122 Å². The van der Waals surface area contributed by atoms with Crippen LogP contribution in [0.25, 0.3) is 0 Å². The molecule has 3 aromatic rings. The second kappa shape index (κ2) is 15.7. The van der Waals surface area contributed by atoms with Crippen molar-refractivity contribution in [3.8, 4) is 0 Å². The van der Waals surface area contributed by atoms with E-state index in [-0.39, 0.29) is 49.0 Å². The normalized spacial score (nSPS) is 11.0. The molecule has 0 amide bonds. The fourth-order valence-corrected chi connectivity index (χ4v) is 1.81. The second-order valence-electron chi connectivity index (χ2n) is 5.07. The average molecular weight is 438 g/mol. The van der Waals surface area contributed by atoms with Gasteiger partial charge in [0, 0.05) is 36.4 Å². The Morgan fingerprint density at radius 2 is 0.613 bits per heavy atom. The molecule has 0 spiro atoms. The largest absolute Gasteiger partial charge is 3.00 e. The fourth-order valence-electron chi connectivity index (χ4n) is 1.81. The number of rotatable bonds is 3. The molecule has 12 nitrogen and oxygen atoms in total. The Bertz CT molecular complexity index is 832. The Balaban J connectivity index is 0.000000429. The first kappa shape index (κ1) is 26.8. The van der Waals surface area contributed by atoms with Crippen LogP contribution in [-0.2, 0) is 0 Å². The standard InChI is InChI=1S/3C6H6N2O2.Al/c3*9-7-8(10)6-4-2-1-3-5-6;/h3*1-5,9H;/q;;;+3/p-3/b8-7+;2*8-7-;. The second-order valence-corrected chi connectivity index (χ2v) is 5.07. The molecule has 13 heteroatoms. The molecule has 0 heterocycles. The van der Waals surface area contributed by atoms with Crippen molar-refractivity contribution in [2.24, 2.45) is 15.8 Å². The monoisotopic (exact) mass is 438 g/mol. The number of hydrogen-bond donors (Lipinski definition) is 0. The van der Waals surface area contributed by atoms with Gasteiger partial charge in [0.2, 0.25) is 17.1 Å². The summed E-state index contributed by atoms with van der Waals surface area (Å²) in [5, 5.41) is 66.9. The summed E-state index contributed by atoms with van der Waals surface area (Å²) in [5.41, 5.74) is 0.743. The van der Waals surface area contributed by atoms with Gasteiger partial charge in [-0.2, -0.15) is 0 Å². The summed E-state index contributed by atoms with van der Waals surface area (Å²) in [7, 11) is 0. The van der Waals surface area contributed by atoms with Crippen molar-refractivity contribution in [3.63, 3.8) is 0 Å². The minimum absolute atomic E-state index is 0. The van der Waals surface area contributed by atoms with E-state index >= 15 is 0 Å². The Morgan fingerprint density at radius 3 is 0.774 bits per heavy atom. The number of para-hydroxylation sites is 3. The molecule has 0 fully saturated rings. The van der Waals surface area contributed by atoms with Gasteiger partial charge in [0.15, 0.2) is 0 Å². The van der Waals surface area contributed by atoms with Gasteiger partial charge >= 0.3 is 17.4 Å². The Labute approximate surface area is 187 Å². The van der Waals surface area contributed by atoms with Crippen molar-refractivity contribution in [1.82, 2.24) is 0 Å². The van der Waals surface area contributed by atoms with Crippen molar-refractivity contribution in [2.75, 3.05) is 0 Å². The third kappa shape index (κ3) is 10.2. The molecular weight excluding hydrogens is 423 g/mol. The molecule has 0 atom stereocenters. The van der Waals surface area contributed by atoms with Gasteiger partial charge in [0.1, 0.15) is 0 Å². The number of benzene rings is 3. The summed E-state index contributed by atoms with van der Waals surface area (Å²) >= 11 is 0. The zero-order valence-electron chi connectivity index (χ0n) is 15.9.